The predicted octanol–water partition coefficient (Wildman–Crippen LogP) is 3.59. The largest absolute Gasteiger partial charge is 0.484 e. The summed E-state index contributed by atoms with van der Waals surface area (Å²) in [7, 11) is 0. The molecule has 0 spiro atoms. The first-order valence-electron chi connectivity index (χ1n) is 7.05. The summed E-state index contributed by atoms with van der Waals surface area (Å²) < 4.78 is 5.49. The molecule has 0 aliphatic carbocycles. The molecule has 1 amide bonds. The Labute approximate surface area is 134 Å². The van der Waals surface area contributed by atoms with Gasteiger partial charge in [0.25, 0.3) is 5.91 Å². The van der Waals surface area contributed by atoms with E-state index in [4.69, 9.17) is 4.74 Å². The van der Waals surface area contributed by atoms with E-state index in [0.29, 0.717) is 5.75 Å². The van der Waals surface area contributed by atoms with Crippen LogP contribution < -0.4 is 10.2 Å². The maximum absolute atomic E-state index is 11.8. The number of hydrazone groups is 1. The van der Waals surface area contributed by atoms with Crippen LogP contribution in [0.4, 0.5) is 0 Å². The van der Waals surface area contributed by atoms with Crippen LogP contribution in [0.25, 0.3) is 0 Å². The van der Waals surface area contributed by atoms with Gasteiger partial charge < -0.3 is 4.74 Å². The summed E-state index contributed by atoms with van der Waals surface area (Å²) in [4.78, 5) is 14.1. The molecule has 1 aromatic carbocycles. The molecule has 0 unspecified atom stereocenters. The third-order valence-corrected chi connectivity index (χ3v) is 4.12. The van der Waals surface area contributed by atoms with Crippen LogP contribution >= 0.6 is 11.3 Å². The molecule has 0 aliphatic rings. The molecule has 0 atom stereocenters. The van der Waals surface area contributed by atoms with E-state index in [0.717, 1.165) is 21.7 Å². The van der Waals surface area contributed by atoms with Gasteiger partial charge >= 0.3 is 0 Å². The standard InChI is InChI=1S/C17H20N2O2S/c1-11-7-12(2)9-15(8-11)21-10-17(20)19-18-14(4)16-6-5-13(3)22-16/h5-9H,10H2,1-4H3,(H,19,20)/b18-14-. The van der Waals surface area contributed by atoms with E-state index < -0.39 is 0 Å². The Hall–Kier alpha value is -2.14. The van der Waals surface area contributed by atoms with Crippen molar-refractivity contribution in [2.45, 2.75) is 27.7 Å². The van der Waals surface area contributed by atoms with Crippen LogP contribution in [-0.4, -0.2) is 18.2 Å². The van der Waals surface area contributed by atoms with Crippen molar-refractivity contribution < 1.29 is 9.53 Å². The summed E-state index contributed by atoms with van der Waals surface area (Å²) in [5, 5.41) is 4.10. The number of thiophene rings is 1. The molecule has 0 bridgehead atoms. The minimum Gasteiger partial charge on any atom is -0.484 e. The first-order valence-corrected chi connectivity index (χ1v) is 7.87. The second kappa shape index (κ2) is 7.22. The van der Waals surface area contributed by atoms with Crippen molar-refractivity contribution in [3.05, 3.63) is 51.2 Å². The SMILES string of the molecule is C/C(=N/NC(=O)COc1cc(C)cc(C)c1)c1ccc(C)s1. The molecular formula is C17H20N2O2S. The quantitative estimate of drug-likeness (QED) is 0.677. The van der Waals surface area contributed by atoms with Gasteiger partial charge in [0.15, 0.2) is 6.61 Å². The van der Waals surface area contributed by atoms with Crippen molar-refractivity contribution in [3.8, 4) is 5.75 Å². The number of benzene rings is 1. The maximum atomic E-state index is 11.8. The minimum absolute atomic E-state index is 0.0524. The zero-order chi connectivity index (χ0) is 16.1. The van der Waals surface area contributed by atoms with Gasteiger partial charge in [-0.25, -0.2) is 5.43 Å². The number of ether oxygens (including phenoxy) is 1. The van der Waals surface area contributed by atoms with Crippen molar-refractivity contribution in [3.63, 3.8) is 0 Å². The highest BCUT2D eigenvalue weighted by Crippen LogP contribution is 2.16. The molecule has 5 heteroatoms. The molecule has 1 heterocycles. The normalized spacial score (nSPS) is 11.4. The van der Waals surface area contributed by atoms with E-state index in [2.05, 4.69) is 16.6 Å². The smallest absolute Gasteiger partial charge is 0.277 e. The van der Waals surface area contributed by atoms with Gasteiger partial charge in [0.2, 0.25) is 0 Å². The highest BCUT2D eigenvalue weighted by Gasteiger charge is 2.05. The summed E-state index contributed by atoms with van der Waals surface area (Å²) in [5.74, 6) is 0.425. The molecule has 0 saturated heterocycles. The minimum atomic E-state index is -0.271. The summed E-state index contributed by atoms with van der Waals surface area (Å²) in [5.41, 5.74) is 5.53. The summed E-state index contributed by atoms with van der Waals surface area (Å²) >= 11 is 1.65. The zero-order valence-electron chi connectivity index (χ0n) is 13.3. The Morgan fingerprint density at radius 1 is 1.18 bits per heavy atom. The molecule has 0 aliphatic heterocycles. The van der Waals surface area contributed by atoms with Gasteiger partial charge in [-0.15, -0.1) is 11.3 Å². The second-order valence-electron chi connectivity index (χ2n) is 5.25. The van der Waals surface area contributed by atoms with Gasteiger partial charge in [-0.2, -0.15) is 5.10 Å². The molecule has 1 aromatic heterocycles. The number of amides is 1. The highest BCUT2D eigenvalue weighted by atomic mass is 32.1. The number of hydrogen-bond donors (Lipinski definition) is 1. The average molecular weight is 316 g/mol. The number of carbonyl (C=O) groups is 1. The second-order valence-corrected chi connectivity index (χ2v) is 6.54. The van der Waals surface area contributed by atoms with E-state index in [1.165, 1.54) is 4.88 Å². The Morgan fingerprint density at radius 2 is 1.86 bits per heavy atom. The van der Waals surface area contributed by atoms with Crippen LogP contribution in [0.1, 0.15) is 27.8 Å². The molecule has 0 radical (unpaired) electrons. The molecule has 2 rings (SSSR count). The Balaban J connectivity index is 1.87. The van der Waals surface area contributed by atoms with Crippen LogP contribution in [0.2, 0.25) is 0 Å². The fourth-order valence-corrected chi connectivity index (χ4v) is 2.84. The molecule has 22 heavy (non-hydrogen) atoms. The lowest BCUT2D eigenvalue weighted by Gasteiger charge is -2.07. The first kappa shape index (κ1) is 16.2. The van der Waals surface area contributed by atoms with E-state index in [1.54, 1.807) is 11.3 Å². The van der Waals surface area contributed by atoms with Gasteiger partial charge in [0.05, 0.1) is 10.6 Å². The van der Waals surface area contributed by atoms with Crippen LogP contribution in [0, 0.1) is 20.8 Å². The van der Waals surface area contributed by atoms with Crippen molar-refractivity contribution in [2.75, 3.05) is 6.61 Å². The number of nitrogens with zero attached hydrogens (tertiary/aromatic N) is 1. The van der Waals surface area contributed by atoms with Crippen LogP contribution in [0.5, 0.6) is 5.75 Å². The highest BCUT2D eigenvalue weighted by molar-refractivity contribution is 7.14. The van der Waals surface area contributed by atoms with E-state index >= 15 is 0 Å². The molecule has 0 saturated carbocycles. The Kier molecular flexibility index (Phi) is 5.33. The van der Waals surface area contributed by atoms with E-state index in [9.17, 15) is 4.79 Å². The number of rotatable bonds is 5. The molecular weight excluding hydrogens is 296 g/mol. The van der Waals surface area contributed by atoms with Crippen molar-refractivity contribution >= 4 is 23.0 Å². The average Bonchev–Trinajstić information content (AvgIpc) is 2.88. The third-order valence-electron chi connectivity index (χ3n) is 3.01. The van der Waals surface area contributed by atoms with Gasteiger partial charge in [-0.3, -0.25) is 4.79 Å². The lowest BCUT2D eigenvalue weighted by Crippen LogP contribution is -2.25. The number of aryl methyl sites for hydroxylation is 3. The molecule has 2 aromatic rings. The summed E-state index contributed by atoms with van der Waals surface area (Å²) in [6, 6.07) is 9.90. The van der Waals surface area contributed by atoms with Crippen molar-refractivity contribution in [2.24, 2.45) is 5.10 Å². The molecule has 4 nitrogen and oxygen atoms in total. The van der Waals surface area contributed by atoms with Gasteiger partial charge in [0.1, 0.15) is 5.75 Å². The molecule has 116 valence electrons. The van der Waals surface area contributed by atoms with Crippen molar-refractivity contribution in [1.29, 1.82) is 0 Å². The van der Waals surface area contributed by atoms with Gasteiger partial charge in [-0.05, 0) is 63.1 Å². The van der Waals surface area contributed by atoms with Crippen molar-refractivity contribution in [1.82, 2.24) is 5.43 Å². The monoisotopic (exact) mass is 316 g/mol. The Bertz CT molecular complexity index is 684. The fraction of sp³-hybridized carbons (Fsp3) is 0.294. The number of hydrogen-bond acceptors (Lipinski definition) is 4. The lowest BCUT2D eigenvalue weighted by molar-refractivity contribution is -0.123. The maximum Gasteiger partial charge on any atom is 0.277 e. The van der Waals surface area contributed by atoms with Crippen LogP contribution in [0.15, 0.2) is 35.4 Å². The third kappa shape index (κ3) is 4.70. The van der Waals surface area contributed by atoms with E-state index in [1.807, 2.05) is 52.0 Å². The predicted molar refractivity (Wildman–Crippen MR) is 90.8 cm³/mol. The lowest BCUT2D eigenvalue weighted by atomic mass is 10.1. The first-order chi connectivity index (χ1) is 10.4. The van der Waals surface area contributed by atoms with Gasteiger partial charge in [-0.1, -0.05) is 6.07 Å². The summed E-state index contributed by atoms with van der Waals surface area (Å²) in [6.07, 6.45) is 0. The molecule has 0 fully saturated rings. The van der Waals surface area contributed by atoms with Crippen LogP contribution in [0.3, 0.4) is 0 Å². The molecule has 1 N–H and O–H groups in total. The number of carbonyl (C=O) groups excluding carboxylic acids is 1. The fourth-order valence-electron chi connectivity index (χ4n) is 2.03. The van der Waals surface area contributed by atoms with E-state index in [-0.39, 0.29) is 12.5 Å². The van der Waals surface area contributed by atoms with Crippen LogP contribution in [-0.2, 0) is 4.79 Å². The zero-order valence-corrected chi connectivity index (χ0v) is 14.1. The van der Waals surface area contributed by atoms with Gasteiger partial charge in [0, 0.05) is 4.88 Å². The summed E-state index contributed by atoms with van der Waals surface area (Å²) in [6.45, 7) is 7.85. The topological polar surface area (TPSA) is 50.7 Å². The number of nitrogens with one attached hydrogen (secondary N) is 1. The Morgan fingerprint density at radius 3 is 2.45 bits per heavy atom.